The summed E-state index contributed by atoms with van der Waals surface area (Å²) in [6.45, 7) is 4.98. The summed E-state index contributed by atoms with van der Waals surface area (Å²) >= 11 is 3.27. The van der Waals surface area contributed by atoms with Crippen molar-refractivity contribution < 1.29 is 22.3 Å². The number of benzene rings is 1. The third-order valence-electron chi connectivity index (χ3n) is 3.29. The molecule has 0 aliphatic carbocycles. The normalized spacial score (nSPS) is 13.6. The van der Waals surface area contributed by atoms with Gasteiger partial charge in [0.1, 0.15) is 11.8 Å². The van der Waals surface area contributed by atoms with Gasteiger partial charge in [-0.2, -0.15) is 8.78 Å². The van der Waals surface area contributed by atoms with Crippen molar-refractivity contribution in [2.45, 2.75) is 39.2 Å². The van der Waals surface area contributed by atoms with Crippen molar-refractivity contribution >= 4 is 15.9 Å². The van der Waals surface area contributed by atoms with Crippen molar-refractivity contribution in [2.75, 3.05) is 13.7 Å². The van der Waals surface area contributed by atoms with Gasteiger partial charge in [-0.25, -0.2) is 8.78 Å². The number of nitrogens with one attached hydrogen (secondary N) is 1. The number of methoxy groups -OCH3 is 1. The molecule has 120 valence electrons. The lowest BCUT2D eigenvalue weighted by molar-refractivity contribution is -0.151. The zero-order valence-corrected chi connectivity index (χ0v) is 13.8. The van der Waals surface area contributed by atoms with Gasteiger partial charge >= 0.3 is 12.3 Å². The Morgan fingerprint density at radius 3 is 2.33 bits per heavy atom. The summed E-state index contributed by atoms with van der Waals surface area (Å²) in [6, 6.07) is -0.116. The summed E-state index contributed by atoms with van der Waals surface area (Å²) < 4.78 is 59.3. The monoisotopic (exact) mass is 371 g/mol. The van der Waals surface area contributed by atoms with Crippen molar-refractivity contribution in [3.05, 3.63) is 27.2 Å². The van der Waals surface area contributed by atoms with Gasteiger partial charge in [-0.05, 0) is 37.6 Å². The summed E-state index contributed by atoms with van der Waals surface area (Å²) in [6.07, 6.45) is -3.77. The predicted octanol–water partition coefficient (Wildman–Crippen LogP) is 4.63. The minimum absolute atomic E-state index is 0.0523. The van der Waals surface area contributed by atoms with Crippen molar-refractivity contribution in [2.24, 2.45) is 0 Å². The summed E-state index contributed by atoms with van der Waals surface area (Å²) in [5, 5.41) is 2.46. The van der Waals surface area contributed by atoms with E-state index < -0.39 is 18.4 Å². The quantitative estimate of drug-likeness (QED) is 0.736. The molecule has 2 nitrogen and oxygen atoms in total. The lowest BCUT2D eigenvalue weighted by Gasteiger charge is -2.30. The molecule has 1 rings (SSSR count). The molecule has 1 aromatic rings. The van der Waals surface area contributed by atoms with Crippen LogP contribution in [0.25, 0.3) is 0 Å². The molecular formula is C14H18BrF4NO. The highest BCUT2D eigenvalue weighted by atomic mass is 79.9. The fraction of sp³-hybridized carbons (Fsp3) is 0.571. The molecule has 0 aliphatic heterocycles. The lowest BCUT2D eigenvalue weighted by Crippen LogP contribution is -2.43. The Morgan fingerprint density at radius 1 is 1.33 bits per heavy atom. The molecule has 0 fully saturated rings. The zero-order chi connectivity index (χ0) is 16.4. The maximum atomic E-state index is 14.0. The van der Waals surface area contributed by atoms with E-state index in [2.05, 4.69) is 21.2 Å². The van der Waals surface area contributed by atoms with E-state index in [4.69, 9.17) is 4.74 Å². The van der Waals surface area contributed by atoms with E-state index in [9.17, 15) is 17.6 Å². The molecule has 21 heavy (non-hydrogen) atoms. The minimum Gasteiger partial charge on any atom is -0.496 e. The zero-order valence-electron chi connectivity index (χ0n) is 12.2. The third kappa shape index (κ3) is 3.51. The Bertz CT molecular complexity index is 508. The van der Waals surface area contributed by atoms with Gasteiger partial charge in [0.05, 0.1) is 7.11 Å². The number of aryl methyl sites for hydroxylation is 1. The molecule has 0 amide bonds. The first-order chi connectivity index (χ1) is 9.68. The SMILES string of the molecule is CCNC(c1c(C)c(Br)cc(C)c1OC)C(F)(F)C(F)F. The van der Waals surface area contributed by atoms with E-state index in [1.165, 1.54) is 7.11 Å². The molecule has 0 aromatic heterocycles. The van der Waals surface area contributed by atoms with Crippen LogP contribution in [0, 0.1) is 13.8 Å². The standard InChI is InChI=1S/C14H18BrF4NO/c1-5-20-12(14(18,19)13(16)17)10-8(3)9(15)6-7(2)11(10)21-4/h6,12-13,20H,5H2,1-4H3. The molecule has 0 saturated heterocycles. The van der Waals surface area contributed by atoms with Gasteiger partial charge in [0.2, 0.25) is 0 Å². The summed E-state index contributed by atoms with van der Waals surface area (Å²) in [5.41, 5.74) is 1.10. The molecule has 0 heterocycles. The largest absolute Gasteiger partial charge is 0.496 e. The third-order valence-corrected chi connectivity index (χ3v) is 4.11. The summed E-state index contributed by atoms with van der Waals surface area (Å²) in [4.78, 5) is 0. The van der Waals surface area contributed by atoms with Crippen LogP contribution in [0.15, 0.2) is 10.5 Å². The van der Waals surface area contributed by atoms with Gasteiger partial charge in [-0.3, -0.25) is 0 Å². The van der Waals surface area contributed by atoms with E-state index in [-0.39, 0.29) is 17.9 Å². The molecule has 7 heteroatoms. The second-order valence-corrected chi connectivity index (χ2v) is 5.57. The highest BCUT2D eigenvalue weighted by Gasteiger charge is 2.50. The Morgan fingerprint density at radius 2 is 1.90 bits per heavy atom. The number of halogens is 5. The van der Waals surface area contributed by atoms with Gasteiger partial charge in [0.15, 0.2) is 0 Å². The molecule has 1 atom stereocenters. The minimum atomic E-state index is -4.21. The highest BCUT2D eigenvalue weighted by Crippen LogP contribution is 2.44. The second-order valence-electron chi connectivity index (χ2n) is 4.71. The number of hydrogen-bond donors (Lipinski definition) is 1. The molecule has 1 unspecified atom stereocenters. The van der Waals surface area contributed by atoms with Crippen molar-refractivity contribution in [1.29, 1.82) is 0 Å². The average Bonchev–Trinajstić information content (AvgIpc) is 2.40. The highest BCUT2D eigenvalue weighted by molar-refractivity contribution is 9.10. The van der Waals surface area contributed by atoms with E-state index in [1.54, 1.807) is 26.8 Å². The molecule has 0 bridgehead atoms. The maximum absolute atomic E-state index is 14.0. The molecule has 1 N–H and O–H groups in total. The Kier molecular flexibility index (Phi) is 6.04. The molecule has 0 spiro atoms. The van der Waals surface area contributed by atoms with Gasteiger partial charge in [0.25, 0.3) is 0 Å². The van der Waals surface area contributed by atoms with Crippen LogP contribution in [0.2, 0.25) is 0 Å². The number of rotatable bonds is 6. The Labute approximate surface area is 130 Å². The Hall–Kier alpha value is -0.820. The topological polar surface area (TPSA) is 21.3 Å². The van der Waals surface area contributed by atoms with Crippen molar-refractivity contribution in [3.63, 3.8) is 0 Å². The second kappa shape index (κ2) is 6.96. The summed E-state index contributed by atoms with van der Waals surface area (Å²) in [5.74, 6) is -4.01. The maximum Gasteiger partial charge on any atom is 0.326 e. The van der Waals surface area contributed by atoms with Gasteiger partial charge < -0.3 is 10.1 Å². The van der Waals surface area contributed by atoms with Gasteiger partial charge in [0, 0.05) is 10.0 Å². The van der Waals surface area contributed by atoms with Crippen LogP contribution in [0.1, 0.15) is 29.7 Å². The Balaban J connectivity index is 3.58. The first kappa shape index (κ1) is 18.2. The number of alkyl halides is 4. The van der Waals surface area contributed by atoms with Gasteiger partial charge in [-0.1, -0.05) is 22.9 Å². The average molecular weight is 372 g/mol. The molecular weight excluding hydrogens is 354 g/mol. The van der Waals surface area contributed by atoms with E-state index in [0.717, 1.165) is 0 Å². The van der Waals surface area contributed by atoms with Crippen LogP contribution in [-0.4, -0.2) is 26.0 Å². The van der Waals surface area contributed by atoms with Crippen LogP contribution in [0.4, 0.5) is 17.6 Å². The first-order valence-electron chi connectivity index (χ1n) is 6.41. The predicted molar refractivity (Wildman–Crippen MR) is 77.5 cm³/mol. The van der Waals surface area contributed by atoms with Crippen LogP contribution in [0.5, 0.6) is 5.75 Å². The first-order valence-corrected chi connectivity index (χ1v) is 7.20. The van der Waals surface area contributed by atoms with Crippen molar-refractivity contribution in [3.8, 4) is 5.75 Å². The smallest absolute Gasteiger partial charge is 0.326 e. The molecule has 0 aliphatic rings. The molecule has 0 saturated carbocycles. The number of hydrogen-bond acceptors (Lipinski definition) is 2. The fourth-order valence-corrected chi connectivity index (χ4v) is 2.81. The summed E-state index contributed by atoms with van der Waals surface area (Å²) in [7, 11) is 1.34. The van der Waals surface area contributed by atoms with E-state index in [1.807, 2.05) is 0 Å². The molecule has 1 aromatic carbocycles. The van der Waals surface area contributed by atoms with Crippen LogP contribution >= 0.6 is 15.9 Å². The van der Waals surface area contributed by atoms with Crippen LogP contribution < -0.4 is 10.1 Å². The van der Waals surface area contributed by atoms with E-state index >= 15 is 0 Å². The molecule has 0 radical (unpaired) electrons. The van der Waals surface area contributed by atoms with Crippen molar-refractivity contribution in [1.82, 2.24) is 5.32 Å². The van der Waals surface area contributed by atoms with Crippen LogP contribution in [-0.2, 0) is 0 Å². The lowest BCUT2D eigenvalue weighted by atomic mass is 9.93. The van der Waals surface area contributed by atoms with Crippen LogP contribution in [0.3, 0.4) is 0 Å². The fourth-order valence-electron chi connectivity index (χ4n) is 2.25. The van der Waals surface area contributed by atoms with E-state index in [0.29, 0.717) is 15.6 Å². The van der Waals surface area contributed by atoms with Gasteiger partial charge in [-0.15, -0.1) is 0 Å². The number of ether oxygens (including phenoxy) is 1.